The van der Waals surface area contributed by atoms with Crippen LogP contribution in [0.1, 0.15) is 19.3 Å². The Labute approximate surface area is 173 Å². The smallest absolute Gasteiger partial charge is 0.243 e. The van der Waals surface area contributed by atoms with Gasteiger partial charge < -0.3 is 5.32 Å². The van der Waals surface area contributed by atoms with Gasteiger partial charge in [-0.25, -0.2) is 13.4 Å². The summed E-state index contributed by atoms with van der Waals surface area (Å²) in [5.41, 5.74) is 5.24. The molecule has 5 rings (SSSR count). The number of hydrogen-bond donors (Lipinski definition) is 1. The van der Waals surface area contributed by atoms with Crippen molar-refractivity contribution in [3.8, 4) is 0 Å². The molecule has 0 radical (unpaired) electrons. The van der Waals surface area contributed by atoms with Crippen molar-refractivity contribution in [1.82, 2.24) is 14.3 Å². The molecule has 1 aliphatic heterocycles. The van der Waals surface area contributed by atoms with Crippen molar-refractivity contribution >= 4 is 53.9 Å². The molecule has 0 spiro atoms. The number of thiazole rings is 1. The normalized spacial score (nSPS) is 15.7. The fourth-order valence-corrected chi connectivity index (χ4v) is 5.94. The summed E-state index contributed by atoms with van der Waals surface area (Å²) in [7, 11) is -3.50. The van der Waals surface area contributed by atoms with E-state index in [-0.39, 0.29) is 0 Å². The van der Waals surface area contributed by atoms with Gasteiger partial charge in [0.25, 0.3) is 0 Å². The fourth-order valence-electron chi connectivity index (χ4n) is 3.74. The van der Waals surface area contributed by atoms with E-state index in [0.717, 1.165) is 51.8 Å². The molecule has 1 N–H and O–H groups in total. The molecule has 1 saturated heterocycles. The topological polar surface area (TPSA) is 75.2 Å². The molecule has 0 amide bonds. The molecule has 0 unspecified atom stereocenters. The summed E-state index contributed by atoms with van der Waals surface area (Å²) in [6.45, 7) is 1.18. The third kappa shape index (κ3) is 3.48. The zero-order valence-corrected chi connectivity index (χ0v) is 17.3. The van der Waals surface area contributed by atoms with E-state index in [0.29, 0.717) is 18.0 Å². The first-order valence-corrected chi connectivity index (χ1v) is 11.9. The quantitative estimate of drug-likeness (QED) is 0.511. The van der Waals surface area contributed by atoms with Crippen LogP contribution in [0.2, 0.25) is 0 Å². The van der Waals surface area contributed by atoms with Crippen LogP contribution in [0.25, 0.3) is 21.1 Å². The van der Waals surface area contributed by atoms with E-state index in [1.165, 1.54) is 0 Å². The van der Waals surface area contributed by atoms with Gasteiger partial charge in [-0.3, -0.25) is 4.98 Å². The van der Waals surface area contributed by atoms with Crippen LogP contribution in [-0.4, -0.2) is 35.8 Å². The van der Waals surface area contributed by atoms with Crippen LogP contribution in [0.4, 0.5) is 11.4 Å². The molecule has 2 aromatic heterocycles. The van der Waals surface area contributed by atoms with E-state index in [9.17, 15) is 8.42 Å². The molecule has 0 aliphatic carbocycles. The van der Waals surface area contributed by atoms with Gasteiger partial charge in [-0.1, -0.05) is 6.42 Å². The first kappa shape index (κ1) is 18.5. The summed E-state index contributed by atoms with van der Waals surface area (Å²) >= 11 is 1.60. The van der Waals surface area contributed by atoms with E-state index in [1.54, 1.807) is 40.0 Å². The van der Waals surface area contributed by atoms with Gasteiger partial charge in [0.05, 0.1) is 26.1 Å². The maximum Gasteiger partial charge on any atom is 0.243 e. The number of rotatable bonds is 4. The van der Waals surface area contributed by atoms with Crippen LogP contribution in [0.3, 0.4) is 0 Å². The van der Waals surface area contributed by atoms with Gasteiger partial charge in [0.15, 0.2) is 0 Å². The number of pyridine rings is 1. The standard InChI is InChI=1S/C21H20N4O2S2/c26-29(27,25-10-2-1-3-11-25)16-5-6-18-17(13-16)19(8-9-22-18)24-15-4-7-21-20(12-15)23-14-28-21/h4-9,12-14H,1-3,10-11H2,(H,22,24). The Kier molecular flexibility index (Phi) is 4.69. The van der Waals surface area contributed by atoms with Crippen molar-refractivity contribution in [3.05, 3.63) is 54.2 Å². The molecular formula is C21H20N4O2S2. The Morgan fingerprint density at radius 2 is 1.79 bits per heavy atom. The van der Waals surface area contributed by atoms with Crippen LogP contribution in [-0.2, 0) is 10.0 Å². The number of hydrogen-bond acceptors (Lipinski definition) is 6. The van der Waals surface area contributed by atoms with Gasteiger partial charge in [0.1, 0.15) is 0 Å². The first-order chi connectivity index (χ1) is 14.1. The van der Waals surface area contributed by atoms with Crippen molar-refractivity contribution in [2.45, 2.75) is 24.2 Å². The van der Waals surface area contributed by atoms with Crippen LogP contribution in [0, 0.1) is 0 Å². The van der Waals surface area contributed by atoms with E-state index < -0.39 is 10.0 Å². The average Bonchev–Trinajstić information content (AvgIpc) is 3.22. The fraction of sp³-hybridized carbons (Fsp3) is 0.238. The molecular weight excluding hydrogens is 404 g/mol. The molecule has 3 heterocycles. The van der Waals surface area contributed by atoms with Gasteiger partial charge in [-0.15, -0.1) is 11.3 Å². The lowest BCUT2D eigenvalue weighted by molar-refractivity contribution is 0.346. The summed E-state index contributed by atoms with van der Waals surface area (Å²) < 4.78 is 28.9. The summed E-state index contributed by atoms with van der Waals surface area (Å²) in [6, 6.07) is 13.1. The lowest BCUT2D eigenvalue weighted by Crippen LogP contribution is -2.35. The minimum absolute atomic E-state index is 0.318. The highest BCUT2D eigenvalue weighted by atomic mass is 32.2. The molecule has 1 fully saturated rings. The lowest BCUT2D eigenvalue weighted by Gasteiger charge is -2.26. The van der Waals surface area contributed by atoms with E-state index in [2.05, 4.69) is 15.3 Å². The Balaban J connectivity index is 1.54. The van der Waals surface area contributed by atoms with Crippen molar-refractivity contribution < 1.29 is 8.42 Å². The largest absolute Gasteiger partial charge is 0.355 e. The van der Waals surface area contributed by atoms with Crippen LogP contribution in [0.15, 0.2) is 59.1 Å². The SMILES string of the molecule is O=S(=O)(c1ccc2nccc(Nc3ccc4scnc4c3)c2c1)N1CCCCC1. The third-order valence-corrected chi connectivity index (χ3v) is 7.98. The Morgan fingerprint density at radius 3 is 2.66 bits per heavy atom. The molecule has 0 atom stereocenters. The molecule has 148 valence electrons. The first-order valence-electron chi connectivity index (χ1n) is 9.60. The molecule has 29 heavy (non-hydrogen) atoms. The molecule has 6 nitrogen and oxygen atoms in total. The van der Waals surface area contributed by atoms with Crippen molar-refractivity contribution in [1.29, 1.82) is 0 Å². The van der Waals surface area contributed by atoms with E-state index in [1.807, 2.05) is 29.8 Å². The molecule has 0 saturated carbocycles. The summed E-state index contributed by atoms with van der Waals surface area (Å²) in [4.78, 5) is 9.08. The monoisotopic (exact) mass is 424 g/mol. The number of sulfonamides is 1. The third-order valence-electron chi connectivity index (χ3n) is 5.28. The molecule has 4 aromatic rings. The van der Waals surface area contributed by atoms with Gasteiger partial charge >= 0.3 is 0 Å². The second-order valence-electron chi connectivity index (χ2n) is 7.16. The van der Waals surface area contributed by atoms with Crippen molar-refractivity contribution in [2.75, 3.05) is 18.4 Å². The van der Waals surface area contributed by atoms with Crippen molar-refractivity contribution in [3.63, 3.8) is 0 Å². The average molecular weight is 425 g/mol. The van der Waals surface area contributed by atoms with Crippen LogP contribution < -0.4 is 5.32 Å². The van der Waals surface area contributed by atoms with E-state index in [4.69, 9.17) is 0 Å². The lowest BCUT2D eigenvalue weighted by atomic mass is 10.2. The minimum Gasteiger partial charge on any atom is -0.355 e. The van der Waals surface area contributed by atoms with Gasteiger partial charge in [-0.05, 0) is 55.3 Å². The zero-order chi connectivity index (χ0) is 19.8. The number of nitrogens with zero attached hydrogens (tertiary/aromatic N) is 3. The number of piperidine rings is 1. The number of benzene rings is 2. The van der Waals surface area contributed by atoms with Crippen LogP contribution in [0.5, 0.6) is 0 Å². The minimum atomic E-state index is -3.50. The van der Waals surface area contributed by atoms with Crippen LogP contribution >= 0.6 is 11.3 Å². The highest BCUT2D eigenvalue weighted by molar-refractivity contribution is 7.89. The van der Waals surface area contributed by atoms with E-state index >= 15 is 0 Å². The molecule has 1 aliphatic rings. The predicted octanol–water partition coefficient (Wildman–Crippen LogP) is 4.76. The molecule has 0 bridgehead atoms. The van der Waals surface area contributed by atoms with Crippen molar-refractivity contribution in [2.24, 2.45) is 0 Å². The zero-order valence-electron chi connectivity index (χ0n) is 15.7. The number of anilines is 2. The Bertz CT molecular complexity index is 1290. The second kappa shape index (κ2) is 7.37. The molecule has 2 aromatic carbocycles. The Hall–Kier alpha value is -2.55. The summed E-state index contributed by atoms with van der Waals surface area (Å²) in [5.74, 6) is 0. The summed E-state index contributed by atoms with van der Waals surface area (Å²) in [6.07, 6.45) is 4.65. The second-order valence-corrected chi connectivity index (χ2v) is 9.99. The van der Waals surface area contributed by atoms with Gasteiger partial charge in [0.2, 0.25) is 10.0 Å². The maximum absolute atomic E-state index is 13.1. The number of aromatic nitrogens is 2. The van der Waals surface area contributed by atoms with Gasteiger partial charge in [-0.2, -0.15) is 4.31 Å². The highest BCUT2D eigenvalue weighted by Gasteiger charge is 2.26. The van der Waals surface area contributed by atoms with Gasteiger partial charge in [0, 0.05) is 36.0 Å². The summed E-state index contributed by atoms with van der Waals surface area (Å²) in [5, 5.41) is 4.18. The molecule has 8 heteroatoms. The Morgan fingerprint density at radius 1 is 0.931 bits per heavy atom. The highest BCUT2D eigenvalue weighted by Crippen LogP contribution is 2.30. The maximum atomic E-state index is 13.1. The number of nitrogens with one attached hydrogen (secondary N) is 1. The number of fused-ring (bicyclic) bond motifs is 2. The predicted molar refractivity (Wildman–Crippen MR) is 117 cm³/mol.